The van der Waals surface area contributed by atoms with E-state index < -0.39 is 0 Å². The van der Waals surface area contributed by atoms with Gasteiger partial charge in [-0.15, -0.1) is 0 Å². The Morgan fingerprint density at radius 1 is 1.10 bits per heavy atom. The molecule has 1 aromatic heterocycles. The van der Waals surface area contributed by atoms with E-state index in [1.54, 1.807) is 6.33 Å². The Labute approximate surface area is 119 Å². The van der Waals surface area contributed by atoms with Gasteiger partial charge in [-0.05, 0) is 25.9 Å². The number of imidazole rings is 1. The van der Waals surface area contributed by atoms with Gasteiger partial charge in [0.15, 0.2) is 6.29 Å². The van der Waals surface area contributed by atoms with Crippen LogP contribution in [0.2, 0.25) is 0 Å². The van der Waals surface area contributed by atoms with E-state index >= 15 is 0 Å². The summed E-state index contributed by atoms with van der Waals surface area (Å²) in [6.45, 7) is 4.17. The molecule has 0 atom stereocenters. The summed E-state index contributed by atoms with van der Waals surface area (Å²) in [7, 11) is 0. The Balaban J connectivity index is 1.78. The van der Waals surface area contributed by atoms with Gasteiger partial charge in [0.25, 0.3) is 0 Å². The molecule has 1 aliphatic rings. The van der Waals surface area contributed by atoms with Crippen LogP contribution < -0.4 is 0 Å². The van der Waals surface area contributed by atoms with Crippen molar-refractivity contribution in [3.63, 3.8) is 0 Å². The molecule has 0 unspecified atom stereocenters. The lowest BCUT2D eigenvalue weighted by Crippen LogP contribution is -2.24. The minimum atomic E-state index is 0.676. The summed E-state index contributed by atoms with van der Waals surface area (Å²) in [6.07, 6.45) is 5.28. The highest BCUT2D eigenvalue weighted by molar-refractivity contribution is 5.83. The summed E-state index contributed by atoms with van der Waals surface area (Å²) >= 11 is 0. The zero-order valence-corrected chi connectivity index (χ0v) is 11.5. The van der Waals surface area contributed by atoms with Gasteiger partial charge in [0.05, 0.1) is 12.0 Å². The Bertz CT molecular complexity index is 571. The lowest BCUT2D eigenvalue weighted by atomic mass is 10.1. The second-order valence-electron chi connectivity index (χ2n) is 5.20. The summed E-state index contributed by atoms with van der Waals surface area (Å²) in [5.74, 6) is 0. The monoisotopic (exact) mass is 269 g/mol. The van der Waals surface area contributed by atoms with Crippen molar-refractivity contribution in [2.75, 3.05) is 19.6 Å². The van der Waals surface area contributed by atoms with E-state index in [2.05, 4.69) is 9.88 Å². The zero-order chi connectivity index (χ0) is 13.8. The smallest absolute Gasteiger partial charge is 0.168 e. The average Bonchev–Trinajstić information content (AvgIpc) is 3.15. The average molecular weight is 269 g/mol. The highest BCUT2D eigenvalue weighted by Crippen LogP contribution is 2.20. The van der Waals surface area contributed by atoms with Gasteiger partial charge in [-0.3, -0.25) is 4.79 Å². The second-order valence-corrected chi connectivity index (χ2v) is 5.20. The second kappa shape index (κ2) is 6.01. The summed E-state index contributed by atoms with van der Waals surface area (Å²) < 4.78 is 1.97. The molecular weight excluding hydrogens is 250 g/mol. The molecular formula is C16H19N3O. The summed E-state index contributed by atoms with van der Waals surface area (Å²) in [5.41, 5.74) is 2.45. The lowest BCUT2D eigenvalue weighted by Gasteiger charge is -2.15. The molecule has 0 bridgehead atoms. The predicted octanol–water partition coefficient (Wildman–Crippen LogP) is 2.46. The van der Waals surface area contributed by atoms with Gasteiger partial charge in [-0.25, -0.2) is 4.98 Å². The molecule has 20 heavy (non-hydrogen) atoms. The Morgan fingerprint density at radius 3 is 2.55 bits per heavy atom. The molecule has 4 nitrogen and oxygen atoms in total. The van der Waals surface area contributed by atoms with E-state index in [0.717, 1.165) is 30.6 Å². The Hall–Kier alpha value is -1.94. The molecule has 0 spiro atoms. The third-order valence-corrected chi connectivity index (χ3v) is 3.89. The first-order chi connectivity index (χ1) is 9.88. The standard InChI is InChI=1S/C16H19N3O/c20-12-15-16(14-6-2-1-3-7-14)17-13-19(15)11-10-18-8-4-5-9-18/h1-3,6-7,12-13H,4-5,8-11H2. The number of nitrogens with zero attached hydrogens (tertiary/aromatic N) is 3. The quantitative estimate of drug-likeness (QED) is 0.783. The lowest BCUT2D eigenvalue weighted by molar-refractivity contribution is 0.111. The van der Waals surface area contributed by atoms with Gasteiger partial charge in [0.2, 0.25) is 0 Å². The summed E-state index contributed by atoms with van der Waals surface area (Å²) in [6, 6.07) is 9.87. The Morgan fingerprint density at radius 2 is 1.85 bits per heavy atom. The van der Waals surface area contributed by atoms with E-state index in [0.29, 0.717) is 5.69 Å². The first-order valence-corrected chi connectivity index (χ1v) is 7.16. The number of carbonyl (C=O) groups excluding carboxylic acids is 1. The molecule has 0 radical (unpaired) electrons. The molecule has 0 amide bonds. The van der Waals surface area contributed by atoms with Gasteiger partial charge < -0.3 is 9.47 Å². The number of aldehydes is 1. The maximum absolute atomic E-state index is 11.4. The molecule has 1 aromatic carbocycles. The van der Waals surface area contributed by atoms with Crippen LogP contribution in [0.15, 0.2) is 36.7 Å². The molecule has 0 saturated carbocycles. The number of carbonyl (C=O) groups is 1. The topological polar surface area (TPSA) is 38.1 Å². The van der Waals surface area contributed by atoms with E-state index in [4.69, 9.17) is 0 Å². The van der Waals surface area contributed by atoms with Gasteiger partial charge in [0.1, 0.15) is 5.69 Å². The van der Waals surface area contributed by atoms with Crippen LogP contribution in [0, 0.1) is 0 Å². The maximum Gasteiger partial charge on any atom is 0.168 e. The molecule has 1 saturated heterocycles. The van der Waals surface area contributed by atoms with Crippen LogP contribution in [0.3, 0.4) is 0 Å². The van der Waals surface area contributed by atoms with E-state index in [1.165, 1.54) is 25.9 Å². The molecule has 3 rings (SSSR count). The molecule has 1 aliphatic heterocycles. The normalized spacial score (nSPS) is 15.6. The first kappa shape index (κ1) is 13.1. The zero-order valence-electron chi connectivity index (χ0n) is 11.5. The largest absolute Gasteiger partial charge is 0.327 e. The third kappa shape index (κ3) is 2.65. The summed E-state index contributed by atoms with van der Waals surface area (Å²) in [5, 5.41) is 0. The summed E-state index contributed by atoms with van der Waals surface area (Å²) in [4.78, 5) is 18.3. The van der Waals surface area contributed by atoms with Crippen molar-refractivity contribution < 1.29 is 4.79 Å². The van der Waals surface area contributed by atoms with Crippen molar-refractivity contribution in [2.24, 2.45) is 0 Å². The minimum Gasteiger partial charge on any atom is -0.327 e. The fourth-order valence-electron chi connectivity index (χ4n) is 2.77. The number of rotatable bonds is 5. The predicted molar refractivity (Wildman–Crippen MR) is 78.7 cm³/mol. The van der Waals surface area contributed by atoms with E-state index in [9.17, 15) is 4.79 Å². The number of hydrogen-bond donors (Lipinski definition) is 0. The number of benzene rings is 1. The van der Waals surface area contributed by atoms with Crippen molar-refractivity contribution >= 4 is 6.29 Å². The first-order valence-electron chi connectivity index (χ1n) is 7.16. The van der Waals surface area contributed by atoms with Gasteiger partial charge in [0, 0.05) is 18.7 Å². The highest BCUT2D eigenvalue weighted by atomic mass is 16.1. The molecule has 2 heterocycles. The van der Waals surface area contributed by atoms with Crippen LogP contribution in [-0.2, 0) is 6.54 Å². The third-order valence-electron chi connectivity index (χ3n) is 3.89. The fraction of sp³-hybridized carbons (Fsp3) is 0.375. The highest BCUT2D eigenvalue weighted by Gasteiger charge is 2.14. The van der Waals surface area contributed by atoms with Crippen molar-refractivity contribution in [3.8, 4) is 11.3 Å². The number of hydrogen-bond acceptors (Lipinski definition) is 3. The van der Waals surface area contributed by atoms with Crippen molar-refractivity contribution in [3.05, 3.63) is 42.4 Å². The minimum absolute atomic E-state index is 0.676. The molecule has 0 aliphatic carbocycles. The van der Waals surface area contributed by atoms with Crippen LogP contribution in [0.1, 0.15) is 23.3 Å². The van der Waals surface area contributed by atoms with Crippen LogP contribution in [0.4, 0.5) is 0 Å². The van der Waals surface area contributed by atoms with Crippen LogP contribution in [-0.4, -0.2) is 40.4 Å². The van der Waals surface area contributed by atoms with Gasteiger partial charge in [-0.2, -0.15) is 0 Å². The van der Waals surface area contributed by atoms with Crippen molar-refractivity contribution in [1.82, 2.24) is 14.5 Å². The van der Waals surface area contributed by atoms with Crippen LogP contribution >= 0.6 is 0 Å². The number of aromatic nitrogens is 2. The molecule has 4 heteroatoms. The maximum atomic E-state index is 11.4. The Kier molecular flexibility index (Phi) is 3.92. The van der Waals surface area contributed by atoms with Gasteiger partial charge in [-0.1, -0.05) is 30.3 Å². The number of likely N-dealkylation sites (tertiary alicyclic amines) is 1. The molecule has 104 valence electrons. The SMILES string of the molecule is O=Cc1c(-c2ccccc2)ncn1CCN1CCCC1. The van der Waals surface area contributed by atoms with Gasteiger partial charge >= 0.3 is 0 Å². The van der Waals surface area contributed by atoms with E-state index in [1.807, 2.05) is 34.9 Å². The molecule has 0 N–H and O–H groups in total. The van der Waals surface area contributed by atoms with Crippen LogP contribution in [0.5, 0.6) is 0 Å². The van der Waals surface area contributed by atoms with E-state index in [-0.39, 0.29) is 0 Å². The fourth-order valence-corrected chi connectivity index (χ4v) is 2.77. The van der Waals surface area contributed by atoms with Crippen LogP contribution in [0.25, 0.3) is 11.3 Å². The van der Waals surface area contributed by atoms with Crippen molar-refractivity contribution in [1.29, 1.82) is 0 Å². The van der Waals surface area contributed by atoms with Crippen molar-refractivity contribution in [2.45, 2.75) is 19.4 Å². The molecule has 2 aromatic rings. The molecule has 1 fully saturated rings.